The first kappa shape index (κ1) is 15.6. The van der Waals surface area contributed by atoms with Gasteiger partial charge in [-0.15, -0.1) is 0 Å². The van der Waals surface area contributed by atoms with Crippen LogP contribution in [0.4, 0.5) is 0 Å². The molecule has 2 aromatic carbocycles. The lowest BCUT2D eigenvalue weighted by atomic mass is 9.99. The van der Waals surface area contributed by atoms with Gasteiger partial charge in [-0.3, -0.25) is 4.79 Å². The van der Waals surface area contributed by atoms with Crippen LogP contribution in [0.15, 0.2) is 34.8 Å². The third-order valence-electron chi connectivity index (χ3n) is 3.26. The van der Waals surface area contributed by atoms with Crippen molar-refractivity contribution < 1.29 is 14.3 Å². The monoisotopic (exact) mass is 348 g/mol. The zero-order valence-corrected chi connectivity index (χ0v) is 14.1. The van der Waals surface area contributed by atoms with Gasteiger partial charge in [0.2, 0.25) is 0 Å². The Balaban J connectivity index is 2.54. The molecule has 21 heavy (non-hydrogen) atoms. The Kier molecular flexibility index (Phi) is 4.68. The number of carbonyl (C=O) groups is 1. The molecule has 0 aliphatic carbocycles. The largest absolute Gasteiger partial charge is 0.497 e. The Morgan fingerprint density at radius 3 is 2.05 bits per heavy atom. The highest BCUT2D eigenvalue weighted by molar-refractivity contribution is 9.10. The van der Waals surface area contributed by atoms with Crippen LogP contribution in [0.1, 0.15) is 27.0 Å². The van der Waals surface area contributed by atoms with E-state index in [1.807, 2.05) is 26.0 Å². The average molecular weight is 349 g/mol. The van der Waals surface area contributed by atoms with Crippen molar-refractivity contribution in [3.8, 4) is 11.5 Å². The van der Waals surface area contributed by atoms with Gasteiger partial charge in [-0.1, -0.05) is 11.6 Å². The fraction of sp³-hybridized carbons (Fsp3) is 0.235. The fourth-order valence-electron chi connectivity index (χ4n) is 2.21. The Morgan fingerprint density at radius 2 is 1.52 bits per heavy atom. The molecule has 0 fully saturated rings. The van der Waals surface area contributed by atoms with E-state index < -0.39 is 0 Å². The summed E-state index contributed by atoms with van der Waals surface area (Å²) in [5.74, 6) is 1.13. The number of hydrogen-bond donors (Lipinski definition) is 0. The molecule has 0 heterocycles. The summed E-state index contributed by atoms with van der Waals surface area (Å²) in [6.45, 7) is 3.95. The van der Waals surface area contributed by atoms with E-state index in [1.54, 1.807) is 32.4 Å². The summed E-state index contributed by atoms with van der Waals surface area (Å²) in [6.07, 6.45) is 0. The molecule has 4 heteroatoms. The summed E-state index contributed by atoms with van der Waals surface area (Å²) in [5.41, 5.74) is 3.27. The van der Waals surface area contributed by atoms with Gasteiger partial charge in [0.15, 0.2) is 5.78 Å². The summed E-state index contributed by atoms with van der Waals surface area (Å²) >= 11 is 3.50. The summed E-state index contributed by atoms with van der Waals surface area (Å²) in [6, 6.07) is 9.09. The number of hydrogen-bond acceptors (Lipinski definition) is 3. The SMILES string of the molecule is COc1cc(OC)cc(C(=O)c2cc(C)cc(C)c2Br)c1. The van der Waals surface area contributed by atoms with Crippen molar-refractivity contribution in [1.82, 2.24) is 0 Å². The first-order valence-corrected chi connectivity index (χ1v) is 7.30. The number of ketones is 1. The molecule has 0 radical (unpaired) electrons. The molecule has 0 N–H and O–H groups in total. The number of methoxy groups -OCH3 is 2. The van der Waals surface area contributed by atoms with Crippen molar-refractivity contribution >= 4 is 21.7 Å². The molecular weight excluding hydrogens is 332 g/mol. The molecule has 3 nitrogen and oxygen atoms in total. The maximum absolute atomic E-state index is 12.8. The van der Waals surface area contributed by atoms with Gasteiger partial charge in [-0.2, -0.15) is 0 Å². The first-order chi connectivity index (χ1) is 9.96. The van der Waals surface area contributed by atoms with Crippen LogP contribution in [0.25, 0.3) is 0 Å². The van der Waals surface area contributed by atoms with Gasteiger partial charge in [-0.05, 0) is 53.5 Å². The average Bonchev–Trinajstić information content (AvgIpc) is 2.49. The highest BCUT2D eigenvalue weighted by Crippen LogP contribution is 2.29. The van der Waals surface area contributed by atoms with Crippen LogP contribution in [0, 0.1) is 13.8 Å². The summed E-state index contributed by atoms with van der Waals surface area (Å²) < 4.78 is 11.3. The molecule has 2 aromatic rings. The summed E-state index contributed by atoms with van der Waals surface area (Å²) in [4.78, 5) is 12.8. The number of ether oxygens (including phenoxy) is 2. The lowest BCUT2D eigenvalue weighted by molar-refractivity contribution is 0.103. The lowest BCUT2D eigenvalue weighted by Gasteiger charge is -2.11. The third-order valence-corrected chi connectivity index (χ3v) is 4.31. The molecule has 110 valence electrons. The molecule has 0 spiro atoms. The molecule has 0 aliphatic heterocycles. The standard InChI is InChI=1S/C17H17BrO3/c1-10-5-11(2)16(18)15(6-10)17(19)12-7-13(20-3)9-14(8-12)21-4/h5-9H,1-4H3. The molecule has 0 aliphatic rings. The Labute approximate surface area is 133 Å². The molecule has 2 rings (SSSR count). The van der Waals surface area contributed by atoms with E-state index in [1.165, 1.54) is 0 Å². The molecule has 0 aromatic heterocycles. The minimum Gasteiger partial charge on any atom is -0.497 e. The van der Waals surface area contributed by atoms with Crippen molar-refractivity contribution in [2.45, 2.75) is 13.8 Å². The van der Waals surface area contributed by atoms with Crippen LogP contribution >= 0.6 is 15.9 Å². The Bertz CT molecular complexity index is 670. The van der Waals surface area contributed by atoms with Crippen molar-refractivity contribution in [3.05, 3.63) is 57.1 Å². The highest BCUT2D eigenvalue weighted by atomic mass is 79.9. The quantitative estimate of drug-likeness (QED) is 0.772. The van der Waals surface area contributed by atoms with Crippen LogP contribution in [-0.2, 0) is 0 Å². The molecule has 0 unspecified atom stereocenters. The topological polar surface area (TPSA) is 35.5 Å². The molecule has 0 bridgehead atoms. The Hall–Kier alpha value is -1.81. The number of aryl methyl sites for hydroxylation is 2. The number of halogens is 1. The van der Waals surface area contributed by atoms with Crippen molar-refractivity contribution in [1.29, 1.82) is 0 Å². The van der Waals surface area contributed by atoms with Crippen LogP contribution < -0.4 is 9.47 Å². The smallest absolute Gasteiger partial charge is 0.194 e. The van der Waals surface area contributed by atoms with Gasteiger partial charge >= 0.3 is 0 Å². The van der Waals surface area contributed by atoms with Gasteiger partial charge in [0.1, 0.15) is 11.5 Å². The van der Waals surface area contributed by atoms with Crippen molar-refractivity contribution in [2.24, 2.45) is 0 Å². The highest BCUT2D eigenvalue weighted by Gasteiger charge is 2.16. The van der Waals surface area contributed by atoms with Crippen LogP contribution in [0.2, 0.25) is 0 Å². The second kappa shape index (κ2) is 6.31. The number of rotatable bonds is 4. The Morgan fingerprint density at radius 1 is 0.952 bits per heavy atom. The fourth-order valence-corrected chi connectivity index (χ4v) is 2.62. The minimum absolute atomic E-state index is 0.0640. The molecule has 0 atom stereocenters. The van der Waals surface area contributed by atoms with Gasteiger partial charge in [-0.25, -0.2) is 0 Å². The predicted octanol–water partition coefficient (Wildman–Crippen LogP) is 4.31. The minimum atomic E-state index is -0.0640. The molecule has 0 saturated heterocycles. The predicted molar refractivity (Wildman–Crippen MR) is 86.6 cm³/mol. The third kappa shape index (κ3) is 3.27. The van der Waals surface area contributed by atoms with E-state index in [9.17, 15) is 4.79 Å². The van der Waals surface area contributed by atoms with Crippen LogP contribution in [0.5, 0.6) is 11.5 Å². The normalized spacial score (nSPS) is 10.3. The van der Waals surface area contributed by atoms with Gasteiger partial charge < -0.3 is 9.47 Å². The van der Waals surface area contributed by atoms with Gasteiger partial charge in [0, 0.05) is 21.7 Å². The lowest BCUT2D eigenvalue weighted by Crippen LogP contribution is -2.05. The van der Waals surface area contributed by atoms with E-state index in [2.05, 4.69) is 15.9 Å². The van der Waals surface area contributed by atoms with E-state index in [0.717, 1.165) is 15.6 Å². The zero-order chi connectivity index (χ0) is 15.6. The molecule has 0 amide bonds. The van der Waals surface area contributed by atoms with E-state index in [0.29, 0.717) is 22.6 Å². The second-order valence-corrected chi connectivity index (χ2v) is 5.67. The van der Waals surface area contributed by atoms with Crippen molar-refractivity contribution in [2.75, 3.05) is 14.2 Å². The van der Waals surface area contributed by atoms with Gasteiger partial charge in [0.05, 0.1) is 14.2 Å². The van der Waals surface area contributed by atoms with Crippen LogP contribution in [0.3, 0.4) is 0 Å². The van der Waals surface area contributed by atoms with E-state index in [4.69, 9.17) is 9.47 Å². The molecule has 0 saturated carbocycles. The summed E-state index contributed by atoms with van der Waals surface area (Å²) in [7, 11) is 3.13. The van der Waals surface area contributed by atoms with Crippen LogP contribution in [-0.4, -0.2) is 20.0 Å². The van der Waals surface area contributed by atoms with Gasteiger partial charge in [0.25, 0.3) is 0 Å². The second-order valence-electron chi connectivity index (χ2n) is 4.87. The summed E-state index contributed by atoms with van der Waals surface area (Å²) in [5, 5.41) is 0. The van der Waals surface area contributed by atoms with Crippen molar-refractivity contribution in [3.63, 3.8) is 0 Å². The number of carbonyl (C=O) groups excluding carboxylic acids is 1. The molecular formula is C17H17BrO3. The number of benzene rings is 2. The maximum atomic E-state index is 12.8. The zero-order valence-electron chi connectivity index (χ0n) is 12.5. The van der Waals surface area contributed by atoms with E-state index in [-0.39, 0.29) is 5.78 Å². The first-order valence-electron chi connectivity index (χ1n) is 6.50. The maximum Gasteiger partial charge on any atom is 0.194 e. The van der Waals surface area contributed by atoms with E-state index >= 15 is 0 Å².